The molecule has 1 rings (SSSR count). The van der Waals surface area contributed by atoms with E-state index in [4.69, 9.17) is 0 Å². The molecule has 94 valence electrons. The molecule has 0 aliphatic carbocycles. The number of H-pyrrole nitrogens is 1. The number of rotatable bonds is 3. The second-order valence-corrected chi connectivity index (χ2v) is 3.94. The van der Waals surface area contributed by atoms with Gasteiger partial charge in [-0.1, -0.05) is 13.8 Å². The fourth-order valence-corrected chi connectivity index (χ4v) is 1.29. The van der Waals surface area contributed by atoms with Crippen molar-refractivity contribution in [2.45, 2.75) is 40.3 Å². The van der Waals surface area contributed by atoms with Crippen LogP contribution in [0.15, 0.2) is 11.0 Å². The van der Waals surface area contributed by atoms with Crippen LogP contribution in [-0.4, -0.2) is 11.0 Å². The fraction of sp³-hybridized carbons (Fsp3) is 0.545. The predicted octanol–water partition coefficient (Wildman–Crippen LogP) is 2.33. The van der Waals surface area contributed by atoms with Crippen LogP contribution in [0.4, 0.5) is 0 Å². The van der Waals surface area contributed by atoms with E-state index in [0.29, 0.717) is 6.04 Å². The Morgan fingerprint density at radius 3 is 2.38 bits per heavy atom. The largest absolute Gasteiger partial charge is 0.363 e. The Labute approximate surface area is 109 Å². The summed E-state index contributed by atoms with van der Waals surface area (Å²) in [5.41, 5.74) is 2.72. The van der Waals surface area contributed by atoms with Gasteiger partial charge >= 0.3 is 0 Å². The van der Waals surface area contributed by atoms with E-state index < -0.39 is 0 Å². The number of hydrogen-bond acceptors (Lipinski definition) is 2. The highest BCUT2D eigenvalue weighted by molar-refractivity contribution is 5.85. The molecular formula is C11H20Cl2N2O. The number of aromatic nitrogens is 1. The van der Waals surface area contributed by atoms with E-state index >= 15 is 0 Å². The summed E-state index contributed by atoms with van der Waals surface area (Å²) in [6.07, 6.45) is 1.77. The Bertz CT molecular complexity index is 375. The third kappa shape index (κ3) is 4.56. The maximum absolute atomic E-state index is 11.6. The molecule has 0 fully saturated rings. The SMILES string of the molecule is Cc1c[nH]c(CNC(C)C)c(C)c1=O.Cl.Cl. The summed E-state index contributed by atoms with van der Waals surface area (Å²) in [5, 5.41) is 3.28. The van der Waals surface area contributed by atoms with Crippen LogP contribution in [0.2, 0.25) is 0 Å². The van der Waals surface area contributed by atoms with Gasteiger partial charge in [0.05, 0.1) is 0 Å². The van der Waals surface area contributed by atoms with Gasteiger partial charge in [-0.3, -0.25) is 4.79 Å². The summed E-state index contributed by atoms with van der Waals surface area (Å²) >= 11 is 0. The van der Waals surface area contributed by atoms with Crippen molar-refractivity contribution in [3.8, 4) is 0 Å². The van der Waals surface area contributed by atoms with Gasteiger partial charge in [0.1, 0.15) is 0 Å². The van der Waals surface area contributed by atoms with E-state index in [0.717, 1.165) is 23.4 Å². The third-order valence-corrected chi connectivity index (χ3v) is 2.30. The number of hydrogen-bond donors (Lipinski definition) is 2. The van der Waals surface area contributed by atoms with Crippen molar-refractivity contribution in [1.82, 2.24) is 10.3 Å². The highest BCUT2D eigenvalue weighted by Gasteiger charge is 2.04. The van der Waals surface area contributed by atoms with Gasteiger partial charge in [0.15, 0.2) is 5.43 Å². The molecule has 0 saturated heterocycles. The van der Waals surface area contributed by atoms with Crippen LogP contribution in [0.25, 0.3) is 0 Å². The number of nitrogens with one attached hydrogen (secondary N) is 2. The summed E-state index contributed by atoms with van der Waals surface area (Å²) < 4.78 is 0. The second-order valence-electron chi connectivity index (χ2n) is 3.94. The van der Waals surface area contributed by atoms with Crippen LogP contribution < -0.4 is 10.7 Å². The minimum Gasteiger partial charge on any atom is -0.363 e. The highest BCUT2D eigenvalue weighted by Crippen LogP contribution is 2.00. The van der Waals surface area contributed by atoms with Crippen LogP contribution in [-0.2, 0) is 6.54 Å². The van der Waals surface area contributed by atoms with Gasteiger partial charge in [-0.25, -0.2) is 0 Å². The van der Waals surface area contributed by atoms with E-state index in [1.165, 1.54) is 0 Å². The van der Waals surface area contributed by atoms with E-state index in [1.54, 1.807) is 6.20 Å². The van der Waals surface area contributed by atoms with E-state index in [9.17, 15) is 4.79 Å². The summed E-state index contributed by atoms with van der Waals surface area (Å²) in [5.74, 6) is 0. The molecule has 0 radical (unpaired) electrons. The minimum atomic E-state index is 0. The molecule has 1 heterocycles. The molecule has 0 aliphatic heterocycles. The lowest BCUT2D eigenvalue weighted by Gasteiger charge is -2.10. The minimum absolute atomic E-state index is 0. The third-order valence-electron chi connectivity index (χ3n) is 2.30. The Morgan fingerprint density at radius 2 is 1.88 bits per heavy atom. The fourth-order valence-electron chi connectivity index (χ4n) is 1.29. The Kier molecular flexibility index (Phi) is 8.62. The summed E-state index contributed by atoms with van der Waals surface area (Å²) in [6.45, 7) is 8.58. The van der Waals surface area contributed by atoms with Gasteiger partial charge in [-0.2, -0.15) is 0 Å². The molecule has 5 heteroatoms. The lowest BCUT2D eigenvalue weighted by Crippen LogP contribution is -2.25. The zero-order valence-corrected chi connectivity index (χ0v) is 11.7. The van der Waals surface area contributed by atoms with Crippen LogP contribution in [0.5, 0.6) is 0 Å². The van der Waals surface area contributed by atoms with Gasteiger partial charge in [-0.05, 0) is 13.8 Å². The van der Waals surface area contributed by atoms with Crippen molar-refractivity contribution in [3.63, 3.8) is 0 Å². The van der Waals surface area contributed by atoms with Gasteiger partial charge in [-0.15, -0.1) is 24.8 Å². The normalized spacial score (nSPS) is 9.56. The molecule has 0 unspecified atom stereocenters. The molecule has 0 aliphatic rings. The van der Waals surface area contributed by atoms with E-state index in [-0.39, 0.29) is 30.2 Å². The van der Waals surface area contributed by atoms with E-state index in [2.05, 4.69) is 24.1 Å². The monoisotopic (exact) mass is 266 g/mol. The van der Waals surface area contributed by atoms with Gasteiger partial charge in [0.2, 0.25) is 0 Å². The van der Waals surface area contributed by atoms with E-state index in [1.807, 2.05) is 13.8 Å². The molecule has 0 amide bonds. The molecule has 16 heavy (non-hydrogen) atoms. The average molecular weight is 267 g/mol. The lowest BCUT2D eigenvalue weighted by atomic mass is 10.1. The summed E-state index contributed by atoms with van der Waals surface area (Å²) in [7, 11) is 0. The Morgan fingerprint density at radius 1 is 1.31 bits per heavy atom. The number of aryl methyl sites for hydroxylation is 1. The molecule has 0 saturated carbocycles. The van der Waals surface area contributed by atoms with Gasteiger partial charge in [0, 0.05) is 35.6 Å². The molecule has 0 atom stereocenters. The number of aromatic amines is 1. The molecule has 2 N–H and O–H groups in total. The maximum atomic E-state index is 11.6. The first-order valence-corrected chi connectivity index (χ1v) is 4.93. The van der Waals surface area contributed by atoms with Gasteiger partial charge in [0.25, 0.3) is 0 Å². The van der Waals surface area contributed by atoms with Crippen molar-refractivity contribution in [1.29, 1.82) is 0 Å². The van der Waals surface area contributed by atoms with Crippen molar-refractivity contribution in [3.05, 3.63) is 33.2 Å². The lowest BCUT2D eigenvalue weighted by molar-refractivity contribution is 0.579. The topological polar surface area (TPSA) is 44.9 Å². The zero-order chi connectivity index (χ0) is 10.7. The second kappa shape index (κ2) is 7.71. The van der Waals surface area contributed by atoms with Crippen molar-refractivity contribution in [2.75, 3.05) is 0 Å². The Hall–Kier alpha value is -0.510. The van der Waals surface area contributed by atoms with Crippen LogP contribution in [0.3, 0.4) is 0 Å². The summed E-state index contributed by atoms with van der Waals surface area (Å²) in [4.78, 5) is 14.7. The van der Waals surface area contributed by atoms with Gasteiger partial charge < -0.3 is 10.3 Å². The summed E-state index contributed by atoms with van der Waals surface area (Å²) in [6, 6.07) is 0.430. The predicted molar refractivity (Wildman–Crippen MR) is 73.0 cm³/mol. The first-order chi connectivity index (χ1) is 6.52. The van der Waals surface area contributed by atoms with Crippen molar-refractivity contribution < 1.29 is 0 Å². The average Bonchev–Trinajstić information content (AvgIpc) is 2.13. The first-order valence-electron chi connectivity index (χ1n) is 4.93. The van der Waals surface area contributed by atoms with Crippen LogP contribution >= 0.6 is 24.8 Å². The number of halogens is 2. The van der Waals surface area contributed by atoms with Crippen molar-refractivity contribution in [2.24, 2.45) is 0 Å². The highest BCUT2D eigenvalue weighted by atomic mass is 35.5. The molecule has 0 spiro atoms. The smallest absolute Gasteiger partial charge is 0.187 e. The maximum Gasteiger partial charge on any atom is 0.187 e. The molecule has 0 bridgehead atoms. The number of pyridine rings is 1. The molecule has 1 aromatic heterocycles. The molecule has 3 nitrogen and oxygen atoms in total. The molecule has 0 aromatic carbocycles. The standard InChI is InChI=1S/C11H18N2O.2ClH/c1-7(2)12-6-10-9(4)11(14)8(3)5-13-10;;/h5,7,12H,6H2,1-4H3,(H,13,14);2*1H. The zero-order valence-electron chi connectivity index (χ0n) is 10.1. The Balaban J connectivity index is 0. The molecule has 1 aromatic rings. The van der Waals surface area contributed by atoms with Crippen molar-refractivity contribution >= 4 is 24.8 Å². The quantitative estimate of drug-likeness (QED) is 0.882. The van der Waals surface area contributed by atoms with Crippen LogP contribution in [0.1, 0.15) is 30.7 Å². The molecular weight excluding hydrogens is 247 g/mol. The first kappa shape index (κ1) is 17.9. The van der Waals surface area contributed by atoms with Crippen LogP contribution in [0, 0.1) is 13.8 Å².